The van der Waals surface area contributed by atoms with Gasteiger partial charge in [-0.2, -0.15) is 0 Å². The highest BCUT2D eigenvalue weighted by molar-refractivity contribution is 6.00. The number of hydrogen-bond acceptors (Lipinski definition) is 4. The van der Waals surface area contributed by atoms with Crippen LogP contribution < -0.4 is 4.90 Å². The minimum atomic E-state index is -1.07. The number of benzene rings is 2. The molecule has 29 heavy (non-hydrogen) atoms. The van der Waals surface area contributed by atoms with Crippen molar-refractivity contribution in [3.8, 4) is 0 Å². The lowest BCUT2D eigenvalue weighted by Crippen LogP contribution is -2.07. The molecule has 6 nitrogen and oxygen atoms in total. The van der Waals surface area contributed by atoms with Gasteiger partial charge in [0.05, 0.1) is 12.2 Å². The average molecular weight is 387 g/mol. The first-order valence-corrected chi connectivity index (χ1v) is 9.22. The van der Waals surface area contributed by atoms with Crippen molar-refractivity contribution < 1.29 is 14.3 Å². The topological polar surface area (TPSA) is 71.0 Å². The summed E-state index contributed by atoms with van der Waals surface area (Å²) in [6.07, 6.45) is 3.86. The Morgan fingerprint density at radius 1 is 1.10 bits per heavy atom. The van der Waals surface area contributed by atoms with E-state index in [4.69, 9.17) is 9.52 Å². The standard InChI is InChI=1S/C23H21N3O3/c1-25(2)18-9-7-17(8-10-18)24-13-16-14-26(21-6-4-3-5-20(16)21)15-19-11-12-22(29-19)23(27)28/h3-14H,15H2,1-2H3,(H,27,28). The minimum absolute atomic E-state index is 0.0561. The maximum Gasteiger partial charge on any atom is 0.371 e. The molecule has 0 aliphatic rings. The third-order valence-electron chi connectivity index (χ3n) is 4.74. The van der Waals surface area contributed by atoms with E-state index in [2.05, 4.69) is 4.99 Å². The second kappa shape index (κ2) is 7.67. The Balaban J connectivity index is 1.63. The summed E-state index contributed by atoms with van der Waals surface area (Å²) in [4.78, 5) is 17.7. The Morgan fingerprint density at radius 3 is 2.55 bits per heavy atom. The van der Waals surface area contributed by atoms with Crippen molar-refractivity contribution in [3.05, 3.63) is 83.9 Å². The summed E-state index contributed by atoms with van der Waals surface area (Å²) >= 11 is 0. The van der Waals surface area contributed by atoms with E-state index in [9.17, 15) is 4.79 Å². The molecule has 146 valence electrons. The number of nitrogens with zero attached hydrogens (tertiary/aromatic N) is 3. The molecule has 0 saturated carbocycles. The van der Waals surface area contributed by atoms with Crippen LogP contribution in [0.15, 0.2) is 76.3 Å². The van der Waals surface area contributed by atoms with Crippen LogP contribution in [0.3, 0.4) is 0 Å². The molecule has 0 atom stereocenters. The average Bonchev–Trinajstić information content (AvgIpc) is 3.32. The molecule has 2 aromatic heterocycles. The van der Waals surface area contributed by atoms with Crippen LogP contribution >= 0.6 is 0 Å². The Labute approximate surface area is 168 Å². The molecule has 0 spiro atoms. The van der Waals surface area contributed by atoms with Gasteiger partial charge in [0.2, 0.25) is 5.76 Å². The summed E-state index contributed by atoms with van der Waals surface area (Å²) in [5.74, 6) is -0.535. The zero-order chi connectivity index (χ0) is 20.4. The number of anilines is 1. The number of furan rings is 1. The van der Waals surface area contributed by atoms with E-state index < -0.39 is 5.97 Å². The van der Waals surface area contributed by atoms with E-state index in [-0.39, 0.29) is 5.76 Å². The minimum Gasteiger partial charge on any atom is -0.475 e. The smallest absolute Gasteiger partial charge is 0.371 e. The van der Waals surface area contributed by atoms with Gasteiger partial charge >= 0.3 is 5.97 Å². The molecule has 1 N–H and O–H groups in total. The molecule has 0 amide bonds. The number of rotatable bonds is 6. The van der Waals surface area contributed by atoms with E-state index in [0.29, 0.717) is 12.3 Å². The van der Waals surface area contributed by atoms with Crippen LogP contribution in [0, 0.1) is 0 Å². The summed E-state index contributed by atoms with van der Waals surface area (Å²) in [6, 6.07) is 19.3. The highest BCUT2D eigenvalue weighted by Crippen LogP contribution is 2.23. The lowest BCUT2D eigenvalue weighted by atomic mass is 10.2. The van der Waals surface area contributed by atoms with Crippen LogP contribution in [0.5, 0.6) is 0 Å². The highest BCUT2D eigenvalue weighted by atomic mass is 16.4. The molecular weight excluding hydrogens is 366 g/mol. The van der Waals surface area contributed by atoms with E-state index in [1.165, 1.54) is 6.07 Å². The first kappa shape index (κ1) is 18.6. The van der Waals surface area contributed by atoms with E-state index in [1.54, 1.807) is 6.07 Å². The normalized spacial score (nSPS) is 11.4. The number of para-hydroxylation sites is 1. The van der Waals surface area contributed by atoms with Crippen molar-refractivity contribution >= 4 is 34.5 Å². The van der Waals surface area contributed by atoms with Crippen LogP contribution in [-0.4, -0.2) is 36.0 Å². The van der Waals surface area contributed by atoms with Crippen LogP contribution in [0.1, 0.15) is 21.9 Å². The number of hydrogen-bond donors (Lipinski definition) is 1. The fourth-order valence-electron chi connectivity index (χ4n) is 3.24. The number of carboxylic acids is 1. The van der Waals surface area contributed by atoms with Crippen LogP contribution in [0.25, 0.3) is 10.9 Å². The Hall–Kier alpha value is -3.80. The molecule has 0 unspecified atom stereocenters. The molecule has 0 saturated heterocycles. The predicted octanol–water partition coefficient (Wildman–Crippen LogP) is 4.80. The zero-order valence-corrected chi connectivity index (χ0v) is 16.2. The van der Waals surface area contributed by atoms with Gasteiger partial charge in [-0.3, -0.25) is 4.99 Å². The lowest BCUT2D eigenvalue weighted by molar-refractivity contribution is 0.0660. The van der Waals surface area contributed by atoms with Crippen molar-refractivity contribution in [2.75, 3.05) is 19.0 Å². The van der Waals surface area contributed by atoms with Gasteiger partial charge in [0, 0.05) is 48.7 Å². The molecule has 4 rings (SSSR count). The summed E-state index contributed by atoms with van der Waals surface area (Å²) in [7, 11) is 4.01. The zero-order valence-electron chi connectivity index (χ0n) is 16.2. The molecular formula is C23H21N3O3. The number of aliphatic imine (C=N–C) groups is 1. The fraction of sp³-hybridized carbons (Fsp3) is 0.130. The van der Waals surface area contributed by atoms with Gasteiger partial charge in [-0.1, -0.05) is 18.2 Å². The monoisotopic (exact) mass is 387 g/mol. The van der Waals surface area contributed by atoms with Crippen LogP contribution in [0.4, 0.5) is 11.4 Å². The SMILES string of the molecule is CN(C)c1ccc(N=Cc2cn(Cc3ccc(C(=O)O)o3)c3ccccc23)cc1. The Morgan fingerprint density at radius 2 is 1.86 bits per heavy atom. The summed E-state index contributed by atoms with van der Waals surface area (Å²) < 4.78 is 7.45. The maximum atomic E-state index is 11.0. The first-order valence-electron chi connectivity index (χ1n) is 9.22. The van der Waals surface area contributed by atoms with Crippen LogP contribution in [-0.2, 0) is 6.54 Å². The van der Waals surface area contributed by atoms with Gasteiger partial charge in [-0.15, -0.1) is 0 Å². The van der Waals surface area contributed by atoms with Crippen molar-refractivity contribution in [1.29, 1.82) is 0 Å². The second-order valence-corrected chi connectivity index (χ2v) is 6.97. The molecule has 2 heterocycles. The summed E-state index contributed by atoms with van der Waals surface area (Å²) in [6.45, 7) is 0.444. The molecule has 4 aromatic rings. The molecule has 0 aliphatic heterocycles. The maximum absolute atomic E-state index is 11.0. The lowest BCUT2D eigenvalue weighted by Gasteiger charge is -2.11. The second-order valence-electron chi connectivity index (χ2n) is 6.97. The first-order chi connectivity index (χ1) is 14.0. The highest BCUT2D eigenvalue weighted by Gasteiger charge is 2.12. The summed E-state index contributed by atoms with van der Waals surface area (Å²) in [5.41, 5.74) is 4.02. The molecule has 2 aromatic carbocycles. The van der Waals surface area contributed by atoms with Gasteiger partial charge in [-0.05, 0) is 42.5 Å². The third-order valence-corrected chi connectivity index (χ3v) is 4.74. The Kier molecular flexibility index (Phi) is 4.91. The number of aromatic carboxylic acids is 1. The van der Waals surface area contributed by atoms with E-state index >= 15 is 0 Å². The molecule has 6 heteroatoms. The number of carbonyl (C=O) groups is 1. The van der Waals surface area contributed by atoms with Gasteiger partial charge in [-0.25, -0.2) is 4.79 Å². The molecule has 0 fully saturated rings. The quantitative estimate of drug-likeness (QED) is 0.483. The van der Waals surface area contributed by atoms with Gasteiger partial charge in [0.1, 0.15) is 5.76 Å². The number of aromatic nitrogens is 1. The molecule has 0 bridgehead atoms. The van der Waals surface area contributed by atoms with E-state index in [0.717, 1.165) is 27.8 Å². The van der Waals surface area contributed by atoms with Gasteiger partial charge in [0.25, 0.3) is 0 Å². The predicted molar refractivity (Wildman–Crippen MR) is 115 cm³/mol. The van der Waals surface area contributed by atoms with Crippen molar-refractivity contribution in [2.24, 2.45) is 4.99 Å². The molecule has 0 radical (unpaired) electrons. The van der Waals surface area contributed by atoms with E-state index in [1.807, 2.05) is 84.5 Å². The van der Waals surface area contributed by atoms with Gasteiger partial charge < -0.3 is 19.0 Å². The third kappa shape index (κ3) is 3.91. The fourth-order valence-corrected chi connectivity index (χ4v) is 3.24. The summed E-state index contributed by atoms with van der Waals surface area (Å²) in [5, 5.41) is 10.1. The van der Waals surface area contributed by atoms with Crippen molar-refractivity contribution in [1.82, 2.24) is 4.57 Å². The van der Waals surface area contributed by atoms with Crippen molar-refractivity contribution in [3.63, 3.8) is 0 Å². The number of fused-ring (bicyclic) bond motifs is 1. The largest absolute Gasteiger partial charge is 0.475 e. The number of carboxylic acid groups (broad SMARTS) is 1. The Bertz CT molecular complexity index is 1180. The van der Waals surface area contributed by atoms with Gasteiger partial charge in [0.15, 0.2) is 0 Å². The van der Waals surface area contributed by atoms with Crippen LogP contribution in [0.2, 0.25) is 0 Å². The molecule has 0 aliphatic carbocycles. The van der Waals surface area contributed by atoms with Crippen molar-refractivity contribution in [2.45, 2.75) is 6.54 Å².